The van der Waals surface area contributed by atoms with Crippen LogP contribution < -0.4 is 10.6 Å². The molecule has 1 unspecified atom stereocenters. The van der Waals surface area contributed by atoms with Gasteiger partial charge in [0, 0.05) is 18.2 Å². The summed E-state index contributed by atoms with van der Waals surface area (Å²) >= 11 is 3.13. The quantitative estimate of drug-likeness (QED) is 0.874. The number of amides is 1. The van der Waals surface area contributed by atoms with Crippen molar-refractivity contribution in [2.45, 2.75) is 45.1 Å². The van der Waals surface area contributed by atoms with Crippen molar-refractivity contribution < 1.29 is 9.18 Å². The molecule has 0 radical (unpaired) electrons. The number of hydrogen-bond acceptors (Lipinski definition) is 2. The van der Waals surface area contributed by atoms with Crippen LogP contribution in [0.4, 0.5) is 10.1 Å². The predicted octanol–water partition coefficient (Wildman–Crippen LogP) is 3.76. The average molecular weight is 343 g/mol. The van der Waals surface area contributed by atoms with Crippen LogP contribution in [-0.4, -0.2) is 18.5 Å². The fraction of sp³-hybridized carbons (Fsp3) is 0.533. The molecule has 0 spiro atoms. The Morgan fingerprint density at radius 2 is 2.30 bits per heavy atom. The molecule has 1 amide bonds. The van der Waals surface area contributed by atoms with Gasteiger partial charge in [-0.15, -0.1) is 0 Å². The molecule has 1 fully saturated rings. The number of anilines is 1. The Hall–Kier alpha value is -0.940. The van der Waals surface area contributed by atoms with Gasteiger partial charge in [-0.3, -0.25) is 4.79 Å². The molecule has 0 aromatic heterocycles. The lowest BCUT2D eigenvalue weighted by Gasteiger charge is -2.23. The van der Waals surface area contributed by atoms with Crippen molar-refractivity contribution >= 4 is 27.5 Å². The highest BCUT2D eigenvalue weighted by atomic mass is 79.9. The molecule has 2 N–H and O–H groups in total. The zero-order valence-electron chi connectivity index (χ0n) is 11.6. The summed E-state index contributed by atoms with van der Waals surface area (Å²) in [5.74, 6) is -0.415. The normalized spacial score (nSPS) is 18.9. The minimum absolute atomic E-state index is 0.0535. The van der Waals surface area contributed by atoms with Crippen LogP contribution in [-0.2, 0) is 4.79 Å². The highest BCUT2D eigenvalue weighted by Gasteiger charge is 2.15. The zero-order valence-corrected chi connectivity index (χ0v) is 13.2. The lowest BCUT2D eigenvalue weighted by molar-refractivity contribution is -0.116. The van der Waals surface area contributed by atoms with Crippen LogP contribution in [0.5, 0.6) is 0 Å². The maximum atomic E-state index is 13.5. The molecule has 0 aliphatic carbocycles. The standard InChI is InChI=1S/C15H20BrFN2O/c1-10-8-12(16)13(17)9-14(10)19-15(20)6-5-11-4-2-3-7-18-11/h8-9,11,18H,2-7H2,1H3,(H,19,20). The minimum atomic E-state index is -0.361. The van der Waals surface area contributed by atoms with Crippen LogP contribution in [0.25, 0.3) is 0 Å². The molecule has 1 atom stereocenters. The fourth-order valence-electron chi connectivity index (χ4n) is 2.47. The van der Waals surface area contributed by atoms with Crippen LogP contribution in [0, 0.1) is 12.7 Å². The van der Waals surface area contributed by atoms with Crippen LogP contribution in [0.1, 0.15) is 37.7 Å². The third-order valence-corrected chi connectivity index (χ3v) is 4.28. The first-order valence-electron chi connectivity index (χ1n) is 7.05. The molecule has 2 rings (SSSR count). The van der Waals surface area contributed by atoms with Gasteiger partial charge in [-0.2, -0.15) is 0 Å². The van der Waals surface area contributed by atoms with Crippen molar-refractivity contribution in [3.63, 3.8) is 0 Å². The Balaban J connectivity index is 1.86. The number of hydrogen-bond donors (Lipinski definition) is 2. The SMILES string of the molecule is Cc1cc(Br)c(F)cc1NC(=O)CCC1CCCCN1. The number of carbonyl (C=O) groups excluding carboxylic acids is 1. The molecule has 1 aromatic carbocycles. The summed E-state index contributed by atoms with van der Waals surface area (Å²) in [6.45, 7) is 2.89. The van der Waals surface area contributed by atoms with E-state index in [2.05, 4.69) is 26.6 Å². The second kappa shape index (κ2) is 7.18. The summed E-state index contributed by atoms with van der Waals surface area (Å²) in [5, 5.41) is 6.21. The zero-order chi connectivity index (χ0) is 14.5. The first-order chi connectivity index (χ1) is 9.56. The number of benzene rings is 1. The number of halogens is 2. The second-order valence-electron chi connectivity index (χ2n) is 5.31. The maximum absolute atomic E-state index is 13.5. The summed E-state index contributed by atoms with van der Waals surface area (Å²) in [4.78, 5) is 11.9. The molecule has 5 heteroatoms. The van der Waals surface area contributed by atoms with E-state index >= 15 is 0 Å². The van der Waals surface area contributed by atoms with Gasteiger partial charge in [0.15, 0.2) is 0 Å². The van der Waals surface area contributed by atoms with E-state index in [1.165, 1.54) is 18.9 Å². The first-order valence-corrected chi connectivity index (χ1v) is 7.84. The van der Waals surface area contributed by atoms with Crippen molar-refractivity contribution in [1.29, 1.82) is 0 Å². The van der Waals surface area contributed by atoms with E-state index in [0.717, 1.165) is 24.9 Å². The summed E-state index contributed by atoms with van der Waals surface area (Å²) in [6, 6.07) is 3.47. The Labute approximate surface area is 127 Å². The molecule has 1 saturated heterocycles. The molecule has 1 aliphatic rings. The van der Waals surface area contributed by atoms with Gasteiger partial charge >= 0.3 is 0 Å². The topological polar surface area (TPSA) is 41.1 Å². The molecule has 1 aliphatic heterocycles. The highest BCUT2D eigenvalue weighted by Crippen LogP contribution is 2.24. The van der Waals surface area contributed by atoms with Gasteiger partial charge in [-0.05, 0) is 66.4 Å². The van der Waals surface area contributed by atoms with Gasteiger partial charge < -0.3 is 10.6 Å². The molecule has 1 heterocycles. The van der Waals surface area contributed by atoms with E-state index < -0.39 is 0 Å². The van der Waals surface area contributed by atoms with Crippen LogP contribution in [0.3, 0.4) is 0 Å². The van der Waals surface area contributed by atoms with Crippen molar-refractivity contribution in [2.24, 2.45) is 0 Å². The number of piperidine rings is 1. The Bertz CT molecular complexity index is 487. The van der Waals surface area contributed by atoms with Crippen LogP contribution in [0.15, 0.2) is 16.6 Å². The summed E-state index contributed by atoms with van der Waals surface area (Å²) in [7, 11) is 0. The summed E-state index contributed by atoms with van der Waals surface area (Å²) in [6.07, 6.45) is 4.90. The van der Waals surface area contributed by atoms with E-state index in [1.54, 1.807) is 6.07 Å². The van der Waals surface area contributed by atoms with Gasteiger partial charge in [-0.25, -0.2) is 4.39 Å². The lowest BCUT2D eigenvalue weighted by atomic mass is 10.0. The lowest BCUT2D eigenvalue weighted by Crippen LogP contribution is -2.34. The van der Waals surface area contributed by atoms with Crippen molar-refractivity contribution in [3.8, 4) is 0 Å². The van der Waals surface area contributed by atoms with E-state index in [0.29, 0.717) is 22.6 Å². The maximum Gasteiger partial charge on any atom is 0.224 e. The van der Waals surface area contributed by atoms with Gasteiger partial charge in [0.05, 0.1) is 4.47 Å². The minimum Gasteiger partial charge on any atom is -0.326 e. The largest absolute Gasteiger partial charge is 0.326 e. The molecule has 3 nitrogen and oxygen atoms in total. The molecular formula is C15H20BrFN2O. The van der Waals surface area contributed by atoms with Gasteiger partial charge in [-0.1, -0.05) is 6.42 Å². The van der Waals surface area contributed by atoms with Gasteiger partial charge in [0.1, 0.15) is 5.82 Å². The third kappa shape index (κ3) is 4.28. The second-order valence-corrected chi connectivity index (χ2v) is 6.17. The monoisotopic (exact) mass is 342 g/mol. The molecule has 110 valence electrons. The number of aryl methyl sites for hydroxylation is 1. The fourth-order valence-corrected chi connectivity index (χ4v) is 2.93. The average Bonchev–Trinajstić information content (AvgIpc) is 2.44. The molecular weight excluding hydrogens is 323 g/mol. The summed E-state index contributed by atoms with van der Waals surface area (Å²) < 4.78 is 13.9. The Kier molecular flexibility index (Phi) is 5.54. The van der Waals surface area contributed by atoms with Gasteiger partial charge in [0.2, 0.25) is 5.91 Å². The van der Waals surface area contributed by atoms with Crippen molar-refractivity contribution in [2.75, 3.05) is 11.9 Å². The number of rotatable bonds is 4. The molecule has 1 aromatic rings. The van der Waals surface area contributed by atoms with E-state index in [1.807, 2.05) is 6.92 Å². The molecule has 0 bridgehead atoms. The van der Waals surface area contributed by atoms with Gasteiger partial charge in [0.25, 0.3) is 0 Å². The smallest absolute Gasteiger partial charge is 0.224 e. The van der Waals surface area contributed by atoms with Crippen LogP contribution >= 0.6 is 15.9 Å². The highest BCUT2D eigenvalue weighted by molar-refractivity contribution is 9.10. The Morgan fingerprint density at radius 1 is 1.50 bits per heavy atom. The van der Waals surface area contributed by atoms with Crippen molar-refractivity contribution in [3.05, 3.63) is 28.0 Å². The number of nitrogens with one attached hydrogen (secondary N) is 2. The van der Waals surface area contributed by atoms with E-state index in [-0.39, 0.29) is 11.7 Å². The third-order valence-electron chi connectivity index (χ3n) is 3.67. The number of carbonyl (C=O) groups is 1. The first kappa shape index (κ1) is 15.4. The van der Waals surface area contributed by atoms with E-state index in [9.17, 15) is 9.18 Å². The summed E-state index contributed by atoms with van der Waals surface area (Å²) in [5.41, 5.74) is 1.40. The molecule has 20 heavy (non-hydrogen) atoms. The molecule has 0 saturated carbocycles. The van der Waals surface area contributed by atoms with E-state index in [4.69, 9.17) is 0 Å². The van der Waals surface area contributed by atoms with Crippen LogP contribution in [0.2, 0.25) is 0 Å². The Morgan fingerprint density at radius 3 is 3.00 bits per heavy atom. The van der Waals surface area contributed by atoms with Crippen molar-refractivity contribution in [1.82, 2.24) is 5.32 Å². The predicted molar refractivity (Wildman–Crippen MR) is 82.3 cm³/mol.